The van der Waals surface area contributed by atoms with E-state index >= 15 is 0 Å². The number of benzene rings is 1. The fourth-order valence-electron chi connectivity index (χ4n) is 2.23. The Morgan fingerprint density at radius 2 is 2.38 bits per heavy atom. The maximum Gasteiger partial charge on any atom is 0.124 e. The van der Waals surface area contributed by atoms with Crippen molar-refractivity contribution in [1.82, 2.24) is 0 Å². The van der Waals surface area contributed by atoms with Crippen LogP contribution in [0.2, 0.25) is 0 Å². The van der Waals surface area contributed by atoms with Crippen LogP contribution in [-0.2, 0) is 0 Å². The average molecular weight is 235 g/mol. The van der Waals surface area contributed by atoms with Gasteiger partial charge in [0.2, 0.25) is 0 Å². The number of halogens is 1. The summed E-state index contributed by atoms with van der Waals surface area (Å²) in [5, 5.41) is 9.35. The third kappa shape index (κ3) is 2.08. The topological polar surface area (TPSA) is 23.8 Å². The molecule has 0 radical (unpaired) electrons. The molecule has 1 saturated carbocycles. The first-order valence-corrected chi connectivity index (χ1v) is 6.34. The lowest BCUT2D eigenvalue weighted by Crippen LogP contribution is -2.25. The number of rotatable bonds is 2. The van der Waals surface area contributed by atoms with Crippen LogP contribution in [0.1, 0.15) is 26.2 Å². The summed E-state index contributed by atoms with van der Waals surface area (Å²) in [5.41, 5.74) is 0. The van der Waals surface area contributed by atoms with Gasteiger partial charge in [-0.15, -0.1) is 11.8 Å². The molecule has 1 aliphatic rings. The number of nitriles is 1. The van der Waals surface area contributed by atoms with Crippen molar-refractivity contribution in [2.24, 2.45) is 5.92 Å². The second-order valence-corrected chi connectivity index (χ2v) is 5.76. The molecule has 2 atom stereocenters. The van der Waals surface area contributed by atoms with Gasteiger partial charge < -0.3 is 0 Å². The molecule has 2 rings (SSSR count). The van der Waals surface area contributed by atoms with Gasteiger partial charge >= 0.3 is 0 Å². The molecular weight excluding hydrogens is 221 g/mol. The third-order valence-corrected chi connectivity index (χ3v) is 4.82. The van der Waals surface area contributed by atoms with E-state index in [-0.39, 0.29) is 10.6 Å². The Morgan fingerprint density at radius 3 is 2.94 bits per heavy atom. The first-order valence-electron chi connectivity index (χ1n) is 5.52. The van der Waals surface area contributed by atoms with Crippen LogP contribution < -0.4 is 0 Å². The first kappa shape index (κ1) is 11.5. The second-order valence-electron chi connectivity index (χ2n) is 4.35. The van der Waals surface area contributed by atoms with Gasteiger partial charge in [0, 0.05) is 4.90 Å². The van der Waals surface area contributed by atoms with Crippen molar-refractivity contribution in [2.45, 2.75) is 35.8 Å². The number of hydrogen-bond acceptors (Lipinski definition) is 2. The van der Waals surface area contributed by atoms with Crippen LogP contribution in [0.5, 0.6) is 0 Å². The summed E-state index contributed by atoms with van der Waals surface area (Å²) in [5.74, 6) is 0.148. The van der Waals surface area contributed by atoms with Gasteiger partial charge in [-0.25, -0.2) is 4.39 Å². The lowest BCUT2D eigenvalue weighted by molar-refractivity contribution is 0.553. The van der Waals surface area contributed by atoms with E-state index in [9.17, 15) is 9.65 Å². The van der Waals surface area contributed by atoms with E-state index in [1.54, 1.807) is 6.07 Å². The smallest absolute Gasteiger partial charge is 0.124 e. The molecule has 1 aromatic carbocycles. The van der Waals surface area contributed by atoms with Gasteiger partial charge in [-0.2, -0.15) is 5.26 Å². The monoisotopic (exact) mass is 235 g/mol. The Balaban J connectivity index is 2.23. The molecule has 2 unspecified atom stereocenters. The van der Waals surface area contributed by atoms with Crippen LogP contribution in [0, 0.1) is 23.1 Å². The summed E-state index contributed by atoms with van der Waals surface area (Å²) in [4.78, 5) is 0.857. The van der Waals surface area contributed by atoms with Crippen LogP contribution in [0.15, 0.2) is 29.2 Å². The van der Waals surface area contributed by atoms with E-state index in [0.717, 1.165) is 24.2 Å². The van der Waals surface area contributed by atoms with Crippen molar-refractivity contribution in [1.29, 1.82) is 5.26 Å². The highest BCUT2D eigenvalue weighted by Gasteiger charge is 2.41. The Morgan fingerprint density at radius 1 is 1.56 bits per heavy atom. The van der Waals surface area contributed by atoms with E-state index in [4.69, 9.17) is 0 Å². The zero-order valence-corrected chi connectivity index (χ0v) is 10.1. The largest absolute Gasteiger partial charge is 0.207 e. The summed E-state index contributed by atoms with van der Waals surface area (Å²) >= 11 is 1.52. The van der Waals surface area contributed by atoms with E-state index in [1.165, 1.54) is 23.9 Å². The molecule has 84 valence electrons. The minimum absolute atomic E-state index is 0.233. The minimum atomic E-state index is -0.353. The maximum absolute atomic E-state index is 13.1. The van der Waals surface area contributed by atoms with Gasteiger partial charge in [0.15, 0.2) is 0 Å². The van der Waals surface area contributed by atoms with Gasteiger partial charge in [0.05, 0.1) is 6.07 Å². The van der Waals surface area contributed by atoms with Crippen molar-refractivity contribution in [2.75, 3.05) is 0 Å². The Bertz CT molecular complexity index is 426. The lowest BCUT2D eigenvalue weighted by Gasteiger charge is -2.25. The molecule has 0 amide bonds. The highest BCUT2D eigenvalue weighted by atomic mass is 32.2. The van der Waals surface area contributed by atoms with E-state index in [1.807, 2.05) is 6.07 Å². The van der Waals surface area contributed by atoms with Gasteiger partial charge in [0.1, 0.15) is 10.6 Å². The minimum Gasteiger partial charge on any atom is -0.207 e. The third-order valence-electron chi connectivity index (χ3n) is 3.27. The standard InChI is InChI=1S/C13H14FNS/c1-10-4-3-7-13(10,9-15)16-12-6-2-5-11(14)8-12/h2,5-6,8,10H,3-4,7H2,1H3. The van der Waals surface area contributed by atoms with Gasteiger partial charge in [-0.05, 0) is 37.0 Å². The quantitative estimate of drug-likeness (QED) is 0.773. The summed E-state index contributed by atoms with van der Waals surface area (Å²) in [6.45, 7) is 2.11. The molecule has 1 aliphatic carbocycles. The fourth-order valence-corrected chi connectivity index (χ4v) is 3.58. The van der Waals surface area contributed by atoms with E-state index < -0.39 is 0 Å². The second kappa shape index (κ2) is 4.47. The summed E-state index contributed by atoms with van der Waals surface area (Å²) in [7, 11) is 0. The van der Waals surface area contributed by atoms with Gasteiger partial charge in [0.25, 0.3) is 0 Å². The van der Waals surface area contributed by atoms with Crippen molar-refractivity contribution >= 4 is 11.8 Å². The molecular formula is C13H14FNS. The van der Waals surface area contributed by atoms with Crippen molar-refractivity contribution in [3.05, 3.63) is 30.1 Å². The Hall–Kier alpha value is -1.01. The highest BCUT2D eigenvalue weighted by molar-refractivity contribution is 8.01. The van der Waals surface area contributed by atoms with Crippen molar-refractivity contribution in [3.63, 3.8) is 0 Å². The van der Waals surface area contributed by atoms with Gasteiger partial charge in [-0.3, -0.25) is 0 Å². The van der Waals surface area contributed by atoms with E-state index in [2.05, 4.69) is 13.0 Å². The number of hydrogen-bond donors (Lipinski definition) is 0. The molecule has 0 aromatic heterocycles. The van der Waals surface area contributed by atoms with E-state index in [0.29, 0.717) is 5.92 Å². The average Bonchev–Trinajstić information content (AvgIpc) is 2.61. The fraction of sp³-hybridized carbons (Fsp3) is 0.462. The molecule has 0 heterocycles. The predicted octanol–water partition coefficient (Wildman–Crippen LogP) is 4.00. The lowest BCUT2D eigenvalue weighted by atomic mass is 9.99. The molecule has 1 aromatic rings. The molecule has 3 heteroatoms. The Kier molecular flexibility index (Phi) is 3.20. The molecule has 0 saturated heterocycles. The maximum atomic E-state index is 13.1. The molecule has 0 spiro atoms. The van der Waals surface area contributed by atoms with Crippen molar-refractivity contribution in [3.8, 4) is 6.07 Å². The number of nitrogens with zero attached hydrogens (tertiary/aromatic N) is 1. The highest BCUT2D eigenvalue weighted by Crippen LogP contribution is 2.48. The van der Waals surface area contributed by atoms with Crippen LogP contribution in [0.4, 0.5) is 4.39 Å². The summed E-state index contributed by atoms with van der Waals surface area (Å²) in [6, 6.07) is 8.95. The Labute approximate surface area is 99.7 Å². The predicted molar refractivity (Wildman–Crippen MR) is 63.6 cm³/mol. The van der Waals surface area contributed by atoms with Crippen LogP contribution >= 0.6 is 11.8 Å². The summed E-state index contributed by atoms with van der Waals surface area (Å²) < 4.78 is 12.7. The SMILES string of the molecule is CC1CCCC1(C#N)Sc1cccc(F)c1. The van der Waals surface area contributed by atoms with Crippen LogP contribution in [0.25, 0.3) is 0 Å². The molecule has 0 N–H and O–H groups in total. The van der Waals surface area contributed by atoms with Crippen LogP contribution in [0.3, 0.4) is 0 Å². The normalized spacial score (nSPS) is 28.9. The molecule has 1 fully saturated rings. The zero-order valence-electron chi connectivity index (χ0n) is 9.24. The van der Waals surface area contributed by atoms with Gasteiger partial charge in [-0.1, -0.05) is 19.4 Å². The molecule has 1 nitrogen and oxygen atoms in total. The van der Waals surface area contributed by atoms with Crippen molar-refractivity contribution < 1.29 is 4.39 Å². The van der Waals surface area contributed by atoms with Crippen LogP contribution in [-0.4, -0.2) is 4.75 Å². The number of thioether (sulfide) groups is 1. The molecule has 16 heavy (non-hydrogen) atoms. The first-order chi connectivity index (χ1) is 7.66. The summed E-state index contributed by atoms with van der Waals surface area (Å²) in [6.07, 6.45) is 3.10. The molecule has 0 aliphatic heterocycles. The zero-order chi connectivity index (χ0) is 11.6. The molecule has 0 bridgehead atoms.